The Labute approximate surface area is 167 Å². The second kappa shape index (κ2) is 8.80. The summed E-state index contributed by atoms with van der Waals surface area (Å²) in [6, 6.07) is 12.8. The van der Waals surface area contributed by atoms with Crippen LogP contribution in [0.5, 0.6) is 17.2 Å². The summed E-state index contributed by atoms with van der Waals surface area (Å²) in [7, 11) is -0.600. The minimum absolute atomic E-state index is 0.0847. The molecule has 0 bridgehead atoms. The topological polar surface area (TPSA) is 54.0 Å². The molecule has 0 spiro atoms. The van der Waals surface area contributed by atoms with Crippen molar-refractivity contribution < 1.29 is 23.6 Å². The molecule has 0 amide bonds. The van der Waals surface area contributed by atoms with Crippen LogP contribution in [0.15, 0.2) is 42.5 Å². The third-order valence-corrected chi connectivity index (χ3v) is 4.96. The van der Waals surface area contributed by atoms with Crippen LogP contribution in [0, 0.1) is 0 Å². The Kier molecular flexibility index (Phi) is 6.42. The van der Waals surface area contributed by atoms with Gasteiger partial charge in [-0.2, -0.15) is 0 Å². The number of carbonyl (C=O) groups is 1. The van der Waals surface area contributed by atoms with Crippen LogP contribution < -0.4 is 14.9 Å². The molecule has 0 N–H and O–H groups in total. The summed E-state index contributed by atoms with van der Waals surface area (Å²) in [6.45, 7) is 8.72. The highest BCUT2D eigenvalue weighted by Crippen LogP contribution is 2.29. The molecular weight excluding hydrogens is 355 g/mol. The van der Waals surface area contributed by atoms with E-state index in [4.69, 9.17) is 18.8 Å². The summed E-state index contributed by atoms with van der Waals surface area (Å²) in [5.41, 5.74) is 0.769. The van der Waals surface area contributed by atoms with Gasteiger partial charge >= 0.3 is 7.12 Å². The molecule has 2 aromatic carbocycles. The number of hydrogen-bond acceptors (Lipinski definition) is 5. The van der Waals surface area contributed by atoms with Crippen LogP contribution in [-0.2, 0) is 9.31 Å². The van der Waals surface area contributed by atoms with Gasteiger partial charge in [-0.3, -0.25) is 4.79 Å². The Balaban J connectivity index is 1.79. The van der Waals surface area contributed by atoms with Crippen molar-refractivity contribution in [2.75, 3.05) is 6.61 Å². The van der Waals surface area contributed by atoms with Crippen LogP contribution in [0.25, 0.3) is 0 Å². The van der Waals surface area contributed by atoms with Crippen LogP contribution in [0.1, 0.15) is 50.9 Å². The Hall–Kier alpha value is -2.31. The number of carbonyl (C=O) groups excluding carboxylic acids is 1. The molecule has 3 rings (SSSR count). The van der Waals surface area contributed by atoms with E-state index in [0.29, 0.717) is 29.1 Å². The molecule has 1 saturated heterocycles. The van der Waals surface area contributed by atoms with Gasteiger partial charge in [0.05, 0.1) is 18.3 Å². The summed E-state index contributed by atoms with van der Waals surface area (Å²) in [4.78, 5) is 11.5. The molecule has 2 aromatic rings. The van der Waals surface area contributed by atoms with E-state index in [-0.39, 0.29) is 6.10 Å². The minimum atomic E-state index is -0.600. The van der Waals surface area contributed by atoms with Gasteiger partial charge in [0.25, 0.3) is 0 Å². The summed E-state index contributed by atoms with van der Waals surface area (Å²) >= 11 is 0. The van der Waals surface area contributed by atoms with E-state index >= 15 is 0 Å². The van der Waals surface area contributed by atoms with Crippen molar-refractivity contribution in [3.05, 3.63) is 48.0 Å². The molecule has 1 fully saturated rings. The van der Waals surface area contributed by atoms with E-state index in [1.807, 2.05) is 45.0 Å². The SMILES string of the molecule is CCCCOc1cccc(Oc2ccc(C=O)c(B3OC(C)C(C)(C)O3)c2)c1. The summed E-state index contributed by atoms with van der Waals surface area (Å²) in [5.74, 6) is 2.05. The first-order valence-corrected chi connectivity index (χ1v) is 9.76. The number of rotatable bonds is 8. The predicted molar refractivity (Wildman–Crippen MR) is 110 cm³/mol. The molecule has 5 nitrogen and oxygen atoms in total. The summed E-state index contributed by atoms with van der Waals surface area (Å²) < 4.78 is 23.7. The van der Waals surface area contributed by atoms with Gasteiger partial charge in [-0.25, -0.2) is 0 Å². The van der Waals surface area contributed by atoms with E-state index in [9.17, 15) is 4.79 Å². The molecule has 1 heterocycles. The third-order valence-electron chi connectivity index (χ3n) is 4.96. The maximum Gasteiger partial charge on any atom is 0.495 e. The van der Waals surface area contributed by atoms with Gasteiger partial charge in [-0.1, -0.05) is 19.4 Å². The van der Waals surface area contributed by atoms with Crippen molar-refractivity contribution in [2.24, 2.45) is 0 Å². The predicted octanol–water partition coefficient (Wildman–Crippen LogP) is 4.38. The first kappa shape index (κ1) is 20.4. The maximum atomic E-state index is 11.5. The molecule has 0 aliphatic carbocycles. The molecule has 28 heavy (non-hydrogen) atoms. The third kappa shape index (κ3) is 4.75. The molecule has 0 saturated carbocycles. The van der Waals surface area contributed by atoms with Crippen molar-refractivity contribution in [3.8, 4) is 17.2 Å². The molecule has 0 radical (unpaired) electrons. The lowest BCUT2D eigenvalue weighted by Crippen LogP contribution is -2.36. The highest BCUT2D eigenvalue weighted by Gasteiger charge is 2.44. The molecule has 1 unspecified atom stereocenters. The average molecular weight is 382 g/mol. The lowest BCUT2D eigenvalue weighted by atomic mass is 9.76. The smallest absolute Gasteiger partial charge is 0.493 e. The van der Waals surface area contributed by atoms with Gasteiger partial charge in [0.1, 0.15) is 23.5 Å². The van der Waals surface area contributed by atoms with Gasteiger partial charge in [0.2, 0.25) is 0 Å². The quantitative estimate of drug-likeness (QED) is 0.385. The fourth-order valence-corrected chi connectivity index (χ4v) is 2.91. The highest BCUT2D eigenvalue weighted by molar-refractivity contribution is 6.63. The Bertz CT molecular complexity index is 820. The van der Waals surface area contributed by atoms with Crippen LogP contribution in [0.2, 0.25) is 0 Å². The van der Waals surface area contributed by atoms with Crippen LogP contribution in [0.3, 0.4) is 0 Å². The number of unbranched alkanes of at least 4 members (excludes halogenated alkanes) is 1. The van der Waals surface area contributed by atoms with Crippen molar-refractivity contribution >= 4 is 18.9 Å². The monoisotopic (exact) mass is 382 g/mol. The van der Waals surface area contributed by atoms with Gasteiger partial charge < -0.3 is 18.8 Å². The molecule has 1 aliphatic heterocycles. The van der Waals surface area contributed by atoms with Gasteiger partial charge in [0, 0.05) is 11.6 Å². The molecule has 6 heteroatoms. The standard InChI is InChI=1S/C22H27BO5/c1-5-6-12-25-18-8-7-9-19(13-18)26-20-11-10-17(15-24)21(14-20)23-27-16(2)22(3,4)28-23/h7-11,13-16H,5-6,12H2,1-4H3. The number of ether oxygens (including phenoxy) is 2. The Morgan fingerprint density at radius 1 is 1.14 bits per heavy atom. The second-order valence-electron chi connectivity index (χ2n) is 7.52. The zero-order chi connectivity index (χ0) is 20.1. The van der Waals surface area contributed by atoms with Crippen molar-refractivity contribution in [3.63, 3.8) is 0 Å². The molecular formula is C22H27BO5. The first-order valence-electron chi connectivity index (χ1n) is 9.76. The van der Waals surface area contributed by atoms with Crippen LogP contribution >= 0.6 is 0 Å². The van der Waals surface area contributed by atoms with Gasteiger partial charge in [-0.15, -0.1) is 0 Å². The number of hydrogen-bond donors (Lipinski definition) is 0. The summed E-state index contributed by atoms with van der Waals surface area (Å²) in [5, 5.41) is 0. The van der Waals surface area contributed by atoms with Crippen molar-refractivity contribution in [1.82, 2.24) is 0 Å². The number of benzene rings is 2. The molecule has 0 aromatic heterocycles. The van der Waals surface area contributed by atoms with Crippen molar-refractivity contribution in [2.45, 2.75) is 52.2 Å². The second-order valence-corrected chi connectivity index (χ2v) is 7.52. The Morgan fingerprint density at radius 3 is 2.57 bits per heavy atom. The number of aldehydes is 1. The van der Waals surface area contributed by atoms with E-state index < -0.39 is 12.7 Å². The lowest BCUT2D eigenvalue weighted by Gasteiger charge is -2.21. The largest absolute Gasteiger partial charge is 0.495 e. The van der Waals surface area contributed by atoms with E-state index in [1.165, 1.54) is 0 Å². The molecule has 148 valence electrons. The maximum absolute atomic E-state index is 11.5. The normalized spacial score (nSPS) is 18.1. The van der Waals surface area contributed by atoms with Crippen LogP contribution in [-0.4, -0.2) is 31.7 Å². The zero-order valence-corrected chi connectivity index (χ0v) is 16.9. The molecule has 1 atom stereocenters. The first-order chi connectivity index (χ1) is 13.4. The summed E-state index contributed by atoms with van der Waals surface area (Å²) in [6.07, 6.45) is 2.82. The fraction of sp³-hybridized carbons (Fsp3) is 0.409. The van der Waals surface area contributed by atoms with Crippen molar-refractivity contribution in [1.29, 1.82) is 0 Å². The van der Waals surface area contributed by atoms with Gasteiger partial charge in [0.15, 0.2) is 0 Å². The zero-order valence-electron chi connectivity index (χ0n) is 16.9. The average Bonchev–Trinajstić information content (AvgIpc) is 2.95. The lowest BCUT2D eigenvalue weighted by molar-refractivity contribution is 0.0842. The molecule has 1 aliphatic rings. The highest BCUT2D eigenvalue weighted by atomic mass is 16.7. The van der Waals surface area contributed by atoms with E-state index in [1.54, 1.807) is 18.2 Å². The van der Waals surface area contributed by atoms with Crippen LogP contribution in [0.4, 0.5) is 0 Å². The van der Waals surface area contributed by atoms with E-state index in [0.717, 1.165) is 24.9 Å². The fourth-order valence-electron chi connectivity index (χ4n) is 2.91. The van der Waals surface area contributed by atoms with Gasteiger partial charge in [-0.05, 0) is 63.0 Å². The Morgan fingerprint density at radius 2 is 1.89 bits per heavy atom. The minimum Gasteiger partial charge on any atom is -0.493 e. The van der Waals surface area contributed by atoms with E-state index in [2.05, 4.69) is 6.92 Å².